The summed E-state index contributed by atoms with van der Waals surface area (Å²) in [5.74, 6) is -0.625. The van der Waals surface area contributed by atoms with Crippen molar-refractivity contribution < 1.29 is 22.5 Å². The van der Waals surface area contributed by atoms with Gasteiger partial charge in [0.2, 0.25) is 0 Å². The van der Waals surface area contributed by atoms with E-state index in [2.05, 4.69) is 15.5 Å². The third-order valence-corrected chi connectivity index (χ3v) is 5.58. The lowest BCUT2D eigenvalue weighted by Crippen LogP contribution is -2.26. The second-order valence-corrected chi connectivity index (χ2v) is 7.90. The van der Waals surface area contributed by atoms with Gasteiger partial charge in [0, 0.05) is 6.54 Å². The zero-order valence-corrected chi connectivity index (χ0v) is 16.0. The van der Waals surface area contributed by atoms with E-state index < -0.39 is 21.5 Å². The molecule has 0 radical (unpaired) electrons. The van der Waals surface area contributed by atoms with Gasteiger partial charge in [-0.05, 0) is 30.2 Å². The summed E-state index contributed by atoms with van der Waals surface area (Å²) >= 11 is 0. The van der Waals surface area contributed by atoms with Crippen LogP contribution in [0.15, 0.2) is 64.0 Å². The summed E-state index contributed by atoms with van der Waals surface area (Å²) < 4.78 is 34.8. The summed E-state index contributed by atoms with van der Waals surface area (Å²) in [5.41, 5.74) is 0.950. The largest absolute Gasteiger partial charge is 0.496 e. The van der Waals surface area contributed by atoms with Crippen molar-refractivity contribution in [1.82, 2.24) is 15.5 Å². The Morgan fingerprint density at radius 1 is 1.11 bits per heavy atom. The van der Waals surface area contributed by atoms with E-state index in [-0.39, 0.29) is 16.6 Å². The molecule has 0 unspecified atom stereocenters. The van der Waals surface area contributed by atoms with Crippen LogP contribution >= 0.6 is 0 Å². The number of nitrogens with zero attached hydrogens (tertiary/aromatic N) is 2. The summed E-state index contributed by atoms with van der Waals surface area (Å²) in [4.78, 5) is 16.2. The fraction of sp³-hybridized carbons (Fsp3) is 0.211. The van der Waals surface area contributed by atoms with Gasteiger partial charge in [-0.3, -0.25) is 4.79 Å². The van der Waals surface area contributed by atoms with Gasteiger partial charge < -0.3 is 14.6 Å². The van der Waals surface area contributed by atoms with Crippen molar-refractivity contribution in [3.63, 3.8) is 0 Å². The lowest BCUT2D eigenvalue weighted by molar-refractivity contribution is 0.0910. The van der Waals surface area contributed by atoms with Crippen molar-refractivity contribution >= 4 is 15.7 Å². The van der Waals surface area contributed by atoms with Gasteiger partial charge in [-0.2, -0.15) is 4.98 Å². The van der Waals surface area contributed by atoms with E-state index in [4.69, 9.17) is 9.26 Å². The van der Waals surface area contributed by atoms with E-state index in [1.165, 1.54) is 12.1 Å². The summed E-state index contributed by atoms with van der Waals surface area (Å²) in [6.45, 7) is 0.333. The van der Waals surface area contributed by atoms with Crippen LogP contribution in [-0.4, -0.2) is 38.1 Å². The molecule has 0 atom stereocenters. The maximum absolute atomic E-state index is 12.3. The Morgan fingerprint density at radius 2 is 1.82 bits per heavy atom. The second kappa shape index (κ2) is 8.66. The van der Waals surface area contributed by atoms with Gasteiger partial charge in [0.1, 0.15) is 11.5 Å². The van der Waals surface area contributed by atoms with Gasteiger partial charge in [-0.15, -0.1) is 0 Å². The zero-order chi connectivity index (χ0) is 20.0. The number of nitrogens with one attached hydrogen (secondary N) is 1. The van der Waals surface area contributed by atoms with Crippen molar-refractivity contribution in [2.24, 2.45) is 0 Å². The van der Waals surface area contributed by atoms with E-state index in [1.807, 2.05) is 24.3 Å². The number of amides is 1. The lowest BCUT2D eigenvalue weighted by atomic mass is 10.1. The molecular weight excluding hydrogens is 382 g/mol. The molecular formula is C19H19N3O5S. The molecule has 3 rings (SSSR count). The molecule has 1 heterocycles. The number of para-hydroxylation sites is 1. The highest BCUT2D eigenvalue weighted by atomic mass is 32.2. The SMILES string of the molecule is COc1ccccc1CCNC(=O)c1nc(CS(=O)(=O)c2ccccc2)no1. The van der Waals surface area contributed by atoms with Crippen LogP contribution in [0, 0.1) is 0 Å². The number of rotatable bonds is 8. The Balaban J connectivity index is 1.58. The number of methoxy groups -OCH3 is 1. The van der Waals surface area contributed by atoms with Gasteiger partial charge in [0.15, 0.2) is 15.7 Å². The second-order valence-electron chi connectivity index (χ2n) is 5.91. The monoisotopic (exact) mass is 401 g/mol. The first kappa shape index (κ1) is 19.6. The molecule has 9 heteroatoms. The molecule has 146 valence electrons. The number of carbonyl (C=O) groups is 1. The highest BCUT2D eigenvalue weighted by Crippen LogP contribution is 2.17. The van der Waals surface area contributed by atoms with Gasteiger partial charge in [0.25, 0.3) is 0 Å². The number of hydrogen-bond donors (Lipinski definition) is 1. The zero-order valence-electron chi connectivity index (χ0n) is 15.2. The van der Waals surface area contributed by atoms with Crippen LogP contribution in [0.4, 0.5) is 0 Å². The molecule has 0 aliphatic heterocycles. The van der Waals surface area contributed by atoms with Crippen LogP contribution in [0.1, 0.15) is 22.1 Å². The molecule has 0 aliphatic rings. The number of carbonyl (C=O) groups excluding carboxylic acids is 1. The molecule has 1 aromatic heterocycles. The minimum absolute atomic E-state index is 0.0706. The number of aromatic nitrogens is 2. The Kier molecular flexibility index (Phi) is 6.05. The van der Waals surface area contributed by atoms with Crippen LogP contribution in [0.2, 0.25) is 0 Å². The molecule has 0 saturated carbocycles. The van der Waals surface area contributed by atoms with Crippen molar-refractivity contribution in [1.29, 1.82) is 0 Å². The molecule has 3 aromatic rings. The Labute approximate surface area is 162 Å². The van der Waals surface area contributed by atoms with Gasteiger partial charge >= 0.3 is 11.8 Å². The van der Waals surface area contributed by atoms with Crippen LogP contribution < -0.4 is 10.1 Å². The number of sulfone groups is 1. The quantitative estimate of drug-likeness (QED) is 0.615. The van der Waals surface area contributed by atoms with E-state index >= 15 is 0 Å². The van der Waals surface area contributed by atoms with Crippen molar-refractivity contribution in [3.05, 3.63) is 71.9 Å². The predicted molar refractivity (Wildman–Crippen MR) is 101 cm³/mol. The number of ether oxygens (including phenoxy) is 1. The van der Waals surface area contributed by atoms with Gasteiger partial charge in [-0.1, -0.05) is 41.6 Å². The average molecular weight is 401 g/mol. The normalized spacial score (nSPS) is 11.2. The third-order valence-electron chi connectivity index (χ3n) is 3.96. The molecule has 0 saturated heterocycles. The highest BCUT2D eigenvalue weighted by Gasteiger charge is 2.21. The summed E-state index contributed by atoms with van der Waals surface area (Å²) in [7, 11) is -2.03. The molecule has 1 N–H and O–H groups in total. The average Bonchev–Trinajstić information content (AvgIpc) is 3.17. The van der Waals surface area contributed by atoms with Crippen LogP contribution in [0.3, 0.4) is 0 Å². The van der Waals surface area contributed by atoms with Crippen LogP contribution in [-0.2, 0) is 22.0 Å². The first-order valence-corrected chi connectivity index (χ1v) is 10.2. The van der Waals surface area contributed by atoms with Gasteiger partial charge in [-0.25, -0.2) is 8.42 Å². The van der Waals surface area contributed by atoms with E-state index in [0.717, 1.165) is 11.3 Å². The van der Waals surface area contributed by atoms with Crippen molar-refractivity contribution in [3.8, 4) is 5.75 Å². The maximum Gasteiger partial charge on any atom is 0.315 e. The molecule has 0 bridgehead atoms. The Morgan fingerprint density at radius 3 is 2.57 bits per heavy atom. The molecule has 28 heavy (non-hydrogen) atoms. The van der Waals surface area contributed by atoms with Gasteiger partial charge in [0.05, 0.1) is 12.0 Å². The standard InChI is InChI=1S/C19H19N3O5S/c1-26-16-10-6-5-7-14(16)11-12-20-18(23)19-21-17(22-27-19)13-28(24,25)15-8-3-2-4-9-15/h2-10H,11-13H2,1H3,(H,20,23). The molecule has 0 fully saturated rings. The molecule has 0 aliphatic carbocycles. The van der Waals surface area contributed by atoms with Crippen molar-refractivity contribution in [2.75, 3.05) is 13.7 Å². The Hall–Kier alpha value is -3.20. The first-order valence-electron chi connectivity index (χ1n) is 8.50. The predicted octanol–water partition coefficient (Wildman–Crippen LogP) is 2.02. The number of hydrogen-bond acceptors (Lipinski definition) is 7. The fourth-order valence-corrected chi connectivity index (χ4v) is 3.78. The summed E-state index contributed by atoms with van der Waals surface area (Å²) in [6, 6.07) is 15.5. The Bertz CT molecular complexity index is 1050. The van der Waals surface area contributed by atoms with E-state index in [9.17, 15) is 13.2 Å². The third kappa shape index (κ3) is 4.74. The molecule has 8 nitrogen and oxygen atoms in total. The van der Waals surface area contributed by atoms with Crippen LogP contribution in [0.25, 0.3) is 0 Å². The minimum atomic E-state index is -3.62. The van der Waals surface area contributed by atoms with E-state index in [1.54, 1.807) is 25.3 Å². The summed E-state index contributed by atoms with van der Waals surface area (Å²) in [5, 5.41) is 6.26. The lowest BCUT2D eigenvalue weighted by Gasteiger charge is -2.08. The van der Waals surface area contributed by atoms with E-state index in [0.29, 0.717) is 13.0 Å². The first-order chi connectivity index (χ1) is 13.5. The number of benzene rings is 2. The molecule has 0 spiro atoms. The highest BCUT2D eigenvalue weighted by molar-refractivity contribution is 7.90. The van der Waals surface area contributed by atoms with Crippen molar-refractivity contribution in [2.45, 2.75) is 17.1 Å². The molecule has 1 amide bonds. The van der Waals surface area contributed by atoms with Crippen LogP contribution in [0.5, 0.6) is 5.75 Å². The fourth-order valence-electron chi connectivity index (χ4n) is 2.58. The maximum atomic E-state index is 12.3. The minimum Gasteiger partial charge on any atom is -0.496 e. The topological polar surface area (TPSA) is 111 Å². The summed E-state index contributed by atoms with van der Waals surface area (Å²) in [6.07, 6.45) is 0.555. The smallest absolute Gasteiger partial charge is 0.315 e. The molecule has 2 aromatic carbocycles.